The second kappa shape index (κ2) is 8.34. The second-order valence-corrected chi connectivity index (χ2v) is 9.31. The molecule has 1 aromatic carbocycles. The number of nitrogens with zero attached hydrogens (tertiary/aromatic N) is 2. The van der Waals surface area contributed by atoms with Gasteiger partial charge in [0.1, 0.15) is 5.82 Å². The fourth-order valence-corrected chi connectivity index (χ4v) is 3.94. The van der Waals surface area contributed by atoms with Gasteiger partial charge in [0.2, 0.25) is 0 Å². The maximum Gasteiger partial charge on any atom is 0.271 e. The minimum absolute atomic E-state index is 0.0307. The third kappa shape index (κ3) is 5.21. The summed E-state index contributed by atoms with van der Waals surface area (Å²) in [4.78, 5) is 20.8. The molecule has 0 radical (unpaired) electrons. The van der Waals surface area contributed by atoms with Crippen LogP contribution >= 0.6 is 0 Å². The van der Waals surface area contributed by atoms with Gasteiger partial charge in [0, 0.05) is 18.0 Å². The number of nitrogens with one attached hydrogen (secondary N) is 2. The van der Waals surface area contributed by atoms with Crippen LogP contribution in [0.15, 0.2) is 29.2 Å². The fraction of sp³-hybridized carbons (Fsp3) is 0.421. The third-order valence-corrected chi connectivity index (χ3v) is 5.98. The molecule has 0 saturated heterocycles. The van der Waals surface area contributed by atoms with E-state index in [-0.39, 0.29) is 28.6 Å². The molecule has 29 heavy (non-hydrogen) atoms. The number of primary amides is 1. The number of anilines is 3. The zero-order valence-electron chi connectivity index (χ0n) is 16.3. The monoisotopic (exact) mass is 419 g/mol. The largest absolute Gasteiger partial charge is 0.393 e. The molecule has 5 N–H and O–H groups in total. The molecule has 0 aliphatic heterocycles. The SMILES string of the molecule is Cc1nc(C(N)=O)c(Nc2cccc(S(C)(=O)=O)c2)nc1NC1CCC(O)CC1. The Morgan fingerprint density at radius 1 is 1.17 bits per heavy atom. The van der Waals surface area contributed by atoms with Crippen molar-refractivity contribution in [2.75, 3.05) is 16.9 Å². The maximum absolute atomic E-state index is 11.9. The van der Waals surface area contributed by atoms with Crippen molar-refractivity contribution in [2.24, 2.45) is 5.73 Å². The number of hydrogen-bond acceptors (Lipinski definition) is 8. The predicted molar refractivity (Wildman–Crippen MR) is 110 cm³/mol. The van der Waals surface area contributed by atoms with Gasteiger partial charge in [-0.25, -0.2) is 18.4 Å². The lowest BCUT2D eigenvalue weighted by molar-refractivity contribution is 0.0996. The van der Waals surface area contributed by atoms with E-state index in [1.807, 2.05) is 0 Å². The van der Waals surface area contributed by atoms with Crippen LogP contribution in [0.2, 0.25) is 0 Å². The van der Waals surface area contributed by atoms with Crippen molar-refractivity contribution in [3.8, 4) is 0 Å². The average Bonchev–Trinajstić information content (AvgIpc) is 2.65. The highest BCUT2D eigenvalue weighted by Crippen LogP contribution is 2.26. The Bertz CT molecular complexity index is 1020. The van der Waals surface area contributed by atoms with Crippen molar-refractivity contribution in [2.45, 2.75) is 49.6 Å². The Morgan fingerprint density at radius 2 is 1.86 bits per heavy atom. The lowest BCUT2D eigenvalue weighted by Crippen LogP contribution is -2.29. The minimum atomic E-state index is -3.38. The Balaban J connectivity index is 1.91. The van der Waals surface area contributed by atoms with Gasteiger partial charge in [0.25, 0.3) is 5.91 Å². The highest BCUT2D eigenvalue weighted by molar-refractivity contribution is 7.90. The van der Waals surface area contributed by atoms with Crippen molar-refractivity contribution >= 4 is 33.1 Å². The number of aryl methyl sites for hydroxylation is 1. The van der Waals surface area contributed by atoms with Gasteiger partial charge in [0.05, 0.1) is 16.7 Å². The van der Waals surface area contributed by atoms with Crippen LogP contribution in [0.3, 0.4) is 0 Å². The first kappa shape index (κ1) is 21.0. The molecule has 0 unspecified atom stereocenters. The highest BCUT2D eigenvalue weighted by atomic mass is 32.2. The van der Waals surface area contributed by atoms with Gasteiger partial charge in [-0.3, -0.25) is 4.79 Å². The van der Waals surface area contributed by atoms with Crippen LogP contribution in [0, 0.1) is 6.92 Å². The van der Waals surface area contributed by atoms with Gasteiger partial charge in [-0.1, -0.05) is 6.07 Å². The van der Waals surface area contributed by atoms with Gasteiger partial charge < -0.3 is 21.5 Å². The zero-order chi connectivity index (χ0) is 21.2. The first-order valence-electron chi connectivity index (χ1n) is 9.33. The Labute approximate surface area is 169 Å². The molecule has 1 fully saturated rings. The Hall–Kier alpha value is -2.72. The summed E-state index contributed by atoms with van der Waals surface area (Å²) in [6.45, 7) is 1.73. The molecule has 2 aromatic rings. The average molecular weight is 420 g/mol. The molecule has 156 valence electrons. The summed E-state index contributed by atoms with van der Waals surface area (Å²) in [5.41, 5.74) is 6.40. The van der Waals surface area contributed by atoms with Crippen molar-refractivity contribution in [3.05, 3.63) is 35.7 Å². The van der Waals surface area contributed by atoms with Crippen LogP contribution in [-0.4, -0.2) is 47.8 Å². The second-order valence-electron chi connectivity index (χ2n) is 7.29. The number of aromatic nitrogens is 2. The van der Waals surface area contributed by atoms with E-state index >= 15 is 0 Å². The van der Waals surface area contributed by atoms with E-state index in [0.29, 0.717) is 30.0 Å². The van der Waals surface area contributed by atoms with Crippen LogP contribution in [0.1, 0.15) is 41.9 Å². The molecule has 0 spiro atoms. The molecule has 3 rings (SSSR count). The molecule has 1 saturated carbocycles. The van der Waals surface area contributed by atoms with Crippen molar-refractivity contribution in [3.63, 3.8) is 0 Å². The fourth-order valence-electron chi connectivity index (χ4n) is 3.27. The third-order valence-electron chi connectivity index (χ3n) is 4.87. The Morgan fingerprint density at radius 3 is 2.48 bits per heavy atom. The standard InChI is InChI=1S/C19H25N5O4S/c1-11-18(22-12-6-8-14(25)9-7-12)24-19(16(21-11)17(20)26)23-13-4-3-5-15(10-13)29(2,27)28/h3-5,10,12,14,25H,6-9H2,1-2H3,(H2,20,26)(H2,22,23,24). The van der Waals surface area contributed by atoms with Crippen molar-refractivity contribution < 1.29 is 18.3 Å². The summed E-state index contributed by atoms with van der Waals surface area (Å²) >= 11 is 0. The number of hydrogen-bond donors (Lipinski definition) is 4. The number of aliphatic hydroxyl groups is 1. The molecule has 1 amide bonds. The van der Waals surface area contributed by atoms with Crippen molar-refractivity contribution in [1.82, 2.24) is 9.97 Å². The molecule has 0 atom stereocenters. The van der Waals surface area contributed by atoms with E-state index in [2.05, 4.69) is 20.6 Å². The molecule has 1 aromatic heterocycles. The maximum atomic E-state index is 11.9. The number of nitrogens with two attached hydrogens (primary N) is 1. The van der Waals surface area contributed by atoms with Crippen LogP contribution in [0.5, 0.6) is 0 Å². The van der Waals surface area contributed by atoms with E-state index in [4.69, 9.17) is 5.73 Å². The summed E-state index contributed by atoms with van der Waals surface area (Å²) in [5, 5.41) is 16.0. The zero-order valence-corrected chi connectivity index (χ0v) is 17.2. The van der Waals surface area contributed by atoms with Gasteiger partial charge in [0.15, 0.2) is 21.3 Å². The van der Waals surface area contributed by atoms with Crippen LogP contribution in [-0.2, 0) is 9.84 Å². The normalized spacial score (nSPS) is 19.6. The highest BCUT2D eigenvalue weighted by Gasteiger charge is 2.22. The first-order valence-corrected chi connectivity index (χ1v) is 11.2. The smallest absolute Gasteiger partial charge is 0.271 e. The molecular formula is C19H25N5O4S. The Kier molecular flexibility index (Phi) is 6.04. The summed E-state index contributed by atoms with van der Waals surface area (Å²) < 4.78 is 23.6. The number of aliphatic hydroxyl groups excluding tert-OH is 1. The van der Waals surface area contributed by atoms with Gasteiger partial charge in [-0.05, 0) is 50.8 Å². The molecule has 9 nitrogen and oxygen atoms in total. The number of rotatable bonds is 6. The molecular weight excluding hydrogens is 394 g/mol. The van der Waals surface area contributed by atoms with Crippen LogP contribution in [0.25, 0.3) is 0 Å². The van der Waals surface area contributed by atoms with E-state index < -0.39 is 15.7 Å². The number of benzene rings is 1. The summed E-state index contributed by atoms with van der Waals surface area (Å²) in [5.74, 6) is -0.0834. The minimum Gasteiger partial charge on any atom is -0.393 e. The van der Waals surface area contributed by atoms with Crippen LogP contribution in [0.4, 0.5) is 17.3 Å². The number of carbonyl (C=O) groups excluding carboxylic acids is 1. The van der Waals surface area contributed by atoms with Crippen molar-refractivity contribution in [1.29, 1.82) is 0 Å². The first-order chi connectivity index (χ1) is 13.6. The van der Waals surface area contributed by atoms with E-state index in [0.717, 1.165) is 19.1 Å². The molecule has 1 aliphatic rings. The van der Waals surface area contributed by atoms with Crippen LogP contribution < -0.4 is 16.4 Å². The van der Waals surface area contributed by atoms with Gasteiger partial charge in [-0.15, -0.1) is 0 Å². The number of amides is 1. The number of sulfone groups is 1. The molecule has 10 heteroatoms. The predicted octanol–water partition coefficient (Wildman–Crippen LogP) is 1.75. The lowest BCUT2D eigenvalue weighted by Gasteiger charge is -2.27. The summed E-state index contributed by atoms with van der Waals surface area (Å²) in [6.07, 6.45) is 3.89. The lowest BCUT2D eigenvalue weighted by atomic mass is 9.93. The number of carbonyl (C=O) groups is 1. The molecule has 1 aliphatic carbocycles. The van der Waals surface area contributed by atoms with E-state index in [1.165, 1.54) is 12.1 Å². The summed E-state index contributed by atoms with van der Waals surface area (Å²) in [7, 11) is -3.38. The van der Waals surface area contributed by atoms with E-state index in [1.54, 1.807) is 19.1 Å². The summed E-state index contributed by atoms with van der Waals surface area (Å²) in [6, 6.07) is 6.35. The topological polar surface area (TPSA) is 147 Å². The quantitative estimate of drug-likeness (QED) is 0.553. The van der Waals surface area contributed by atoms with Gasteiger partial charge >= 0.3 is 0 Å². The van der Waals surface area contributed by atoms with E-state index in [9.17, 15) is 18.3 Å². The molecule has 0 bridgehead atoms. The van der Waals surface area contributed by atoms with Gasteiger partial charge in [-0.2, -0.15) is 0 Å². The molecule has 1 heterocycles.